The standard InChI is InChI=1S/C12H25N5O/c1-9(2)8-17(7-6-16(4)5)12-15-14-11(18-12)10(3)13/h9-10H,6-8,13H2,1-5H3. The van der Waals surface area contributed by atoms with Crippen LogP contribution in [-0.2, 0) is 0 Å². The predicted octanol–water partition coefficient (Wildman–Crippen LogP) is 1.11. The topological polar surface area (TPSA) is 71.4 Å². The van der Waals surface area contributed by atoms with Gasteiger partial charge in [-0.2, -0.15) is 0 Å². The summed E-state index contributed by atoms with van der Waals surface area (Å²) in [5.41, 5.74) is 5.73. The summed E-state index contributed by atoms with van der Waals surface area (Å²) < 4.78 is 5.60. The molecule has 0 saturated carbocycles. The van der Waals surface area contributed by atoms with Crippen molar-refractivity contribution in [2.75, 3.05) is 38.6 Å². The number of nitrogens with zero attached hydrogens (tertiary/aromatic N) is 4. The van der Waals surface area contributed by atoms with E-state index in [9.17, 15) is 0 Å². The molecule has 1 unspecified atom stereocenters. The van der Waals surface area contributed by atoms with Crippen molar-refractivity contribution in [2.45, 2.75) is 26.8 Å². The molecule has 1 atom stereocenters. The van der Waals surface area contributed by atoms with E-state index in [1.807, 2.05) is 6.92 Å². The zero-order valence-corrected chi connectivity index (χ0v) is 12.1. The average molecular weight is 255 g/mol. The lowest BCUT2D eigenvalue weighted by atomic mass is 10.2. The van der Waals surface area contributed by atoms with Crippen molar-refractivity contribution in [1.29, 1.82) is 0 Å². The summed E-state index contributed by atoms with van der Waals surface area (Å²) in [4.78, 5) is 4.25. The highest BCUT2D eigenvalue weighted by atomic mass is 16.4. The molecule has 6 nitrogen and oxygen atoms in total. The number of nitrogens with two attached hydrogens (primary N) is 1. The maximum Gasteiger partial charge on any atom is 0.318 e. The van der Waals surface area contributed by atoms with Crippen LogP contribution in [0.15, 0.2) is 4.42 Å². The Hall–Kier alpha value is -1.14. The lowest BCUT2D eigenvalue weighted by molar-refractivity contribution is 0.393. The van der Waals surface area contributed by atoms with Gasteiger partial charge in [0.15, 0.2) is 0 Å². The molecule has 0 aliphatic carbocycles. The number of anilines is 1. The minimum atomic E-state index is -0.221. The van der Waals surface area contributed by atoms with E-state index in [1.54, 1.807) is 0 Å². The van der Waals surface area contributed by atoms with E-state index in [0.29, 0.717) is 17.8 Å². The first-order chi connectivity index (χ1) is 8.40. The summed E-state index contributed by atoms with van der Waals surface area (Å²) in [6.07, 6.45) is 0. The van der Waals surface area contributed by atoms with Crippen LogP contribution >= 0.6 is 0 Å². The minimum absolute atomic E-state index is 0.221. The highest BCUT2D eigenvalue weighted by Gasteiger charge is 2.17. The molecular weight excluding hydrogens is 230 g/mol. The van der Waals surface area contributed by atoms with Crippen molar-refractivity contribution in [2.24, 2.45) is 11.7 Å². The molecule has 0 bridgehead atoms. The SMILES string of the molecule is CC(C)CN(CCN(C)C)c1nnc(C(C)N)o1. The monoisotopic (exact) mass is 255 g/mol. The van der Waals surface area contributed by atoms with Gasteiger partial charge >= 0.3 is 6.01 Å². The van der Waals surface area contributed by atoms with Crippen molar-refractivity contribution < 1.29 is 4.42 Å². The van der Waals surface area contributed by atoms with Crippen LogP contribution in [0.25, 0.3) is 0 Å². The third-order valence-electron chi connectivity index (χ3n) is 2.49. The van der Waals surface area contributed by atoms with Gasteiger partial charge in [-0.1, -0.05) is 18.9 Å². The van der Waals surface area contributed by atoms with Crippen LogP contribution < -0.4 is 10.6 Å². The Labute approximate surface area is 109 Å². The molecule has 0 fully saturated rings. The predicted molar refractivity (Wildman–Crippen MR) is 72.5 cm³/mol. The van der Waals surface area contributed by atoms with E-state index in [4.69, 9.17) is 10.2 Å². The molecular formula is C12H25N5O. The van der Waals surface area contributed by atoms with Gasteiger partial charge in [-0.05, 0) is 26.9 Å². The Morgan fingerprint density at radius 1 is 1.17 bits per heavy atom. The van der Waals surface area contributed by atoms with E-state index in [1.165, 1.54) is 0 Å². The van der Waals surface area contributed by atoms with Gasteiger partial charge in [0.25, 0.3) is 0 Å². The minimum Gasteiger partial charge on any atom is -0.406 e. The number of hydrogen-bond acceptors (Lipinski definition) is 6. The molecule has 18 heavy (non-hydrogen) atoms. The Kier molecular flexibility index (Phi) is 5.55. The van der Waals surface area contributed by atoms with Gasteiger partial charge in [0.05, 0.1) is 6.04 Å². The van der Waals surface area contributed by atoms with Crippen molar-refractivity contribution in [3.05, 3.63) is 5.89 Å². The summed E-state index contributed by atoms with van der Waals surface area (Å²) in [6.45, 7) is 8.89. The molecule has 0 aliphatic heterocycles. The number of aromatic nitrogens is 2. The molecule has 0 amide bonds. The average Bonchev–Trinajstić information content (AvgIpc) is 2.72. The Bertz CT molecular complexity index is 348. The molecule has 0 aromatic carbocycles. The highest BCUT2D eigenvalue weighted by molar-refractivity contribution is 5.24. The van der Waals surface area contributed by atoms with E-state index in [2.05, 4.69) is 47.9 Å². The summed E-state index contributed by atoms with van der Waals surface area (Å²) >= 11 is 0. The number of likely N-dealkylation sites (N-methyl/N-ethyl adjacent to an activating group) is 1. The summed E-state index contributed by atoms with van der Waals surface area (Å²) in [6, 6.07) is 0.346. The second-order valence-corrected chi connectivity index (χ2v) is 5.35. The van der Waals surface area contributed by atoms with E-state index in [0.717, 1.165) is 19.6 Å². The van der Waals surface area contributed by atoms with Crippen molar-refractivity contribution >= 4 is 6.01 Å². The molecule has 2 N–H and O–H groups in total. The van der Waals surface area contributed by atoms with Crippen LogP contribution in [0.5, 0.6) is 0 Å². The summed E-state index contributed by atoms with van der Waals surface area (Å²) in [7, 11) is 4.10. The van der Waals surface area contributed by atoms with E-state index >= 15 is 0 Å². The first-order valence-corrected chi connectivity index (χ1v) is 6.38. The fraction of sp³-hybridized carbons (Fsp3) is 0.833. The van der Waals surface area contributed by atoms with Gasteiger partial charge in [0, 0.05) is 19.6 Å². The van der Waals surface area contributed by atoms with Gasteiger partial charge in [-0.15, -0.1) is 5.10 Å². The fourth-order valence-corrected chi connectivity index (χ4v) is 1.56. The zero-order chi connectivity index (χ0) is 13.7. The van der Waals surface area contributed by atoms with E-state index < -0.39 is 0 Å². The van der Waals surface area contributed by atoms with Crippen LogP contribution in [0.1, 0.15) is 32.7 Å². The second kappa shape index (κ2) is 6.70. The lowest BCUT2D eigenvalue weighted by Crippen LogP contribution is -2.34. The maximum atomic E-state index is 5.73. The first-order valence-electron chi connectivity index (χ1n) is 6.38. The van der Waals surface area contributed by atoms with Crippen LogP contribution in [0.3, 0.4) is 0 Å². The molecule has 1 aromatic heterocycles. The fourth-order valence-electron chi connectivity index (χ4n) is 1.56. The Morgan fingerprint density at radius 3 is 2.28 bits per heavy atom. The largest absolute Gasteiger partial charge is 0.406 e. The number of rotatable bonds is 7. The summed E-state index contributed by atoms with van der Waals surface area (Å²) in [5, 5.41) is 8.05. The molecule has 104 valence electrons. The van der Waals surface area contributed by atoms with Gasteiger partial charge in [0.2, 0.25) is 5.89 Å². The maximum absolute atomic E-state index is 5.73. The van der Waals surface area contributed by atoms with Crippen molar-refractivity contribution in [1.82, 2.24) is 15.1 Å². The zero-order valence-electron chi connectivity index (χ0n) is 12.1. The quantitative estimate of drug-likeness (QED) is 0.787. The Morgan fingerprint density at radius 2 is 1.83 bits per heavy atom. The lowest BCUT2D eigenvalue weighted by Gasteiger charge is -2.23. The van der Waals surface area contributed by atoms with Crippen LogP contribution in [0.4, 0.5) is 6.01 Å². The third kappa shape index (κ3) is 4.62. The third-order valence-corrected chi connectivity index (χ3v) is 2.49. The molecule has 0 saturated heterocycles. The van der Waals surface area contributed by atoms with Gasteiger partial charge in [-0.3, -0.25) is 0 Å². The Balaban J connectivity index is 2.73. The van der Waals surface area contributed by atoms with Gasteiger partial charge < -0.3 is 20.0 Å². The van der Waals surface area contributed by atoms with Gasteiger partial charge in [0.1, 0.15) is 0 Å². The molecule has 0 radical (unpaired) electrons. The van der Waals surface area contributed by atoms with Crippen LogP contribution in [0, 0.1) is 5.92 Å². The van der Waals surface area contributed by atoms with Crippen molar-refractivity contribution in [3.63, 3.8) is 0 Å². The molecule has 1 rings (SSSR count). The molecule has 1 aromatic rings. The molecule has 0 aliphatic rings. The molecule has 6 heteroatoms. The highest BCUT2D eigenvalue weighted by Crippen LogP contribution is 2.16. The van der Waals surface area contributed by atoms with Crippen molar-refractivity contribution in [3.8, 4) is 0 Å². The molecule has 1 heterocycles. The normalized spacial score (nSPS) is 13.3. The first kappa shape index (κ1) is 14.9. The second-order valence-electron chi connectivity index (χ2n) is 5.35. The van der Waals surface area contributed by atoms with E-state index in [-0.39, 0.29) is 6.04 Å². The van der Waals surface area contributed by atoms with Gasteiger partial charge in [-0.25, -0.2) is 0 Å². The number of hydrogen-bond donors (Lipinski definition) is 1. The summed E-state index contributed by atoms with van der Waals surface area (Å²) in [5.74, 6) is 1.03. The molecule has 0 spiro atoms. The van der Waals surface area contributed by atoms with Crippen LogP contribution in [-0.4, -0.2) is 48.8 Å². The smallest absolute Gasteiger partial charge is 0.318 e. The van der Waals surface area contributed by atoms with Crippen LogP contribution in [0.2, 0.25) is 0 Å².